The van der Waals surface area contributed by atoms with Crippen LogP contribution in [0.4, 0.5) is 16.2 Å². The summed E-state index contributed by atoms with van der Waals surface area (Å²) in [6.07, 6.45) is 2.40. The Labute approximate surface area is 105 Å². The molecule has 0 bridgehead atoms. The molecule has 1 aromatic heterocycles. The molecule has 0 radical (unpaired) electrons. The van der Waals surface area contributed by atoms with Crippen LogP contribution < -0.4 is 10.6 Å². The van der Waals surface area contributed by atoms with E-state index in [1.165, 1.54) is 18.4 Å². The Kier molecular flexibility index (Phi) is 4.42. The molecule has 1 fully saturated rings. The van der Waals surface area contributed by atoms with Crippen LogP contribution in [-0.4, -0.2) is 34.6 Å². The number of nitrogens with zero attached hydrogens (tertiary/aromatic N) is 2. The molecule has 6 heteroatoms. The van der Waals surface area contributed by atoms with Crippen molar-refractivity contribution in [3.8, 4) is 0 Å². The molecule has 1 aliphatic rings. The van der Waals surface area contributed by atoms with E-state index in [2.05, 4.69) is 20.6 Å². The monoisotopic (exact) mass is 256 g/mol. The number of nitrogens with one attached hydrogen (secondary N) is 2. The molecule has 0 saturated carbocycles. The van der Waals surface area contributed by atoms with Gasteiger partial charge in [0.1, 0.15) is 0 Å². The van der Waals surface area contributed by atoms with Crippen molar-refractivity contribution in [2.75, 3.05) is 35.2 Å². The van der Waals surface area contributed by atoms with E-state index >= 15 is 0 Å². The van der Waals surface area contributed by atoms with Crippen LogP contribution >= 0.6 is 11.8 Å². The second kappa shape index (κ2) is 6.05. The number of hydrogen-bond donors (Lipinski definition) is 2. The van der Waals surface area contributed by atoms with E-state index in [0.29, 0.717) is 17.7 Å². The van der Waals surface area contributed by atoms with Gasteiger partial charge in [0.2, 0.25) is 5.95 Å². The van der Waals surface area contributed by atoms with Gasteiger partial charge in [0.05, 0.1) is 6.20 Å². The minimum absolute atomic E-state index is 0.299. The fraction of sp³-hybridized carbons (Fsp3) is 0.636. The fourth-order valence-corrected chi connectivity index (χ4v) is 3.00. The first-order valence-electron chi connectivity index (χ1n) is 5.87. The topological polar surface area (TPSA) is 49.8 Å². The molecule has 4 nitrogen and oxygen atoms in total. The number of rotatable bonds is 5. The van der Waals surface area contributed by atoms with Gasteiger partial charge in [-0.2, -0.15) is 16.7 Å². The fourth-order valence-electron chi connectivity index (χ4n) is 1.72. The third-order valence-electron chi connectivity index (χ3n) is 2.66. The lowest BCUT2D eigenvalue weighted by atomic mass is 10.1. The first kappa shape index (κ1) is 12.4. The third kappa shape index (κ3) is 3.46. The maximum absolute atomic E-state index is 13.5. The summed E-state index contributed by atoms with van der Waals surface area (Å²) in [6.45, 7) is 3.46. The molecule has 2 heterocycles. The van der Waals surface area contributed by atoms with E-state index in [1.807, 2.05) is 18.7 Å². The van der Waals surface area contributed by atoms with E-state index in [-0.39, 0.29) is 0 Å². The highest BCUT2D eigenvalue weighted by atomic mass is 32.2. The standard InChI is InChI=1S/C11H17FN4S/c1-2-13-11-15-6-9(12)10(16-11)14-5-8-3-4-17-7-8/h6,8H,2-5,7H2,1H3,(H2,13,14,15,16). The first-order valence-corrected chi connectivity index (χ1v) is 7.03. The zero-order valence-corrected chi connectivity index (χ0v) is 10.7. The summed E-state index contributed by atoms with van der Waals surface area (Å²) in [4.78, 5) is 7.97. The Morgan fingerprint density at radius 3 is 3.12 bits per heavy atom. The van der Waals surface area contributed by atoms with Crippen LogP contribution in [-0.2, 0) is 0 Å². The maximum atomic E-state index is 13.5. The van der Waals surface area contributed by atoms with Gasteiger partial charge in [-0.15, -0.1) is 0 Å². The predicted octanol–water partition coefficient (Wildman–Crippen LogP) is 2.21. The average molecular weight is 256 g/mol. The van der Waals surface area contributed by atoms with Crippen LogP contribution in [0.5, 0.6) is 0 Å². The normalized spacial score (nSPS) is 19.3. The molecule has 2 N–H and O–H groups in total. The van der Waals surface area contributed by atoms with Gasteiger partial charge in [-0.3, -0.25) is 0 Å². The van der Waals surface area contributed by atoms with Crippen molar-refractivity contribution in [3.05, 3.63) is 12.0 Å². The third-order valence-corrected chi connectivity index (χ3v) is 3.89. The van der Waals surface area contributed by atoms with Gasteiger partial charge in [-0.05, 0) is 30.8 Å². The molecule has 1 aliphatic heterocycles. The van der Waals surface area contributed by atoms with Crippen molar-refractivity contribution in [2.45, 2.75) is 13.3 Å². The van der Waals surface area contributed by atoms with Gasteiger partial charge in [-0.1, -0.05) is 0 Å². The Balaban J connectivity index is 1.95. The summed E-state index contributed by atoms with van der Waals surface area (Å²) in [5, 5.41) is 6.04. The quantitative estimate of drug-likeness (QED) is 0.846. The Morgan fingerprint density at radius 1 is 1.53 bits per heavy atom. The number of halogens is 1. The molecule has 0 amide bonds. The molecule has 2 rings (SSSR count). The molecule has 17 heavy (non-hydrogen) atoms. The van der Waals surface area contributed by atoms with E-state index < -0.39 is 5.82 Å². The van der Waals surface area contributed by atoms with Gasteiger partial charge < -0.3 is 10.6 Å². The second-order valence-corrected chi connectivity index (χ2v) is 5.18. The smallest absolute Gasteiger partial charge is 0.224 e. The highest BCUT2D eigenvalue weighted by Gasteiger charge is 2.16. The lowest BCUT2D eigenvalue weighted by molar-refractivity contribution is 0.601. The summed E-state index contributed by atoms with van der Waals surface area (Å²) < 4.78 is 13.5. The van der Waals surface area contributed by atoms with Crippen LogP contribution in [0.25, 0.3) is 0 Å². The van der Waals surface area contributed by atoms with E-state index in [1.54, 1.807) is 0 Å². The summed E-state index contributed by atoms with van der Waals surface area (Å²) in [6, 6.07) is 0. The van der Waals surface area contributed by atoms with E-state index in [9.17, 15) is 4.39 Å². The van der Waals surface area contributed by atoms with E-state index in [4.69, 9.17) is 0 Å². The number of hydrogen-bond acceptors (Lipinski definition) is 5. The maximum Gasteiger partial charge on any atom is 0.224 e. The average Bonchev–Trinajstić information content (AvgIpc) is 2.83. The Morgan fingerprint density at radius 2 is 2.41 bits per heavy atom. The van der Waals surface area contributed by atoms with Gasteiger partial charge >= 0.3 is 0 Å². The Hall–Kier alpha value is -1.04. The number of aromatic nitrogens is 2. The van der Waals surface area contributed by atoms with Crippen LogP contribution in [0.15, 0.2) is 6.20 Å². The lowest BCUT2D eigenvalue weighted by Gasteiger charge is -2.11. The molecule has 1 unspecified atom stereocenters. The molecule has 1 saturated heterocycles. The Bertz CT molecular complexity index is 368. The molecule has 0 aromatic carbocycles. The van der Waals surface area contributed by atoms with Gasteiger partial charge in [0.15, 0.2) is 11.6 Å². The van der Waals surface area contributed by atoms with Crippen LogP contribution in [0, 0.1) is 11.7 Å². The summed E-state index contributed by atoms with van der Waals surface area (Å²) in [5.74, 6) is 3.36. The SMILES string of the molecule is CCNc1ncc(F)c(NCC2CCSC2)n1. The molecule has 0 spiro atoms. The summed E-state index contributed by atoms with van der Waals surface area (Å²) in [5.41, 5.74) is 0. The zero-order valence-electron chi connectivity index (χ0n) is 9.87. The van der Waals surface area contributed by atoms with Crippen molar-refractivity contribution in [3.63, 3.8) is 0 Å². The molecule has 0 aliphatic carbocycles. The molecular weight excluding hydrogens is 239 g/mol. The largest absolute Gasteiger partial charge is 0.367 e. The first-order chi connectivity index (χ1) is 8.29. The summed E-state index contributed by atoms with van der Waals surface area (Å²) >= 11 is 1.95. The van der Waals surface area contributed by atoms with Crippen molar-refractivity contribution < 1.29 is 4.39 Å². The van der Waals surface area contributed by atoms with Crippen molar-refractivity contribution in [1.82, 2.24) is 9.97 Å². The number of anilines is 2. The van der Waals surface area contributed by atoms with Crippen LogP contribution in [0.1, 0.15) is 13.3 Å². The zero-order chi connectivity index (χ0) is 12.1. The minimum Gasteiger partial charge on any atom is -0.367 e. The van der Waals surface area contributed by atoms with Gasteiger partial charge in [0, 0.05) is 13.1 Å². The molecule has 1 atom stereocenters. The van der Waals surface area contributed by atoms with Crippen LogP contribution in [0.2, 0.25) is 0 Å². The molecule has 1 aromatic rings. The van der Waals surface area contributed by atoms with Gasteiger partial charge in [-0.25, -0.2) is 9.37 Å². The number of thioether (sulfide) groups is 1. The molecular formula is C11H17FN4S. The lowest BCUT2D eigenvalue weighted by Crippen LogP contribution is -2.16. The summed E-state index contributed by atoms with van der Waals surface area (Å²) in [7, 11) is 0. The predicted molar refractivity (Wildman–Crippen MR) is 70.1 cm³/mol. The van der Waals surface area contributed by atoms with Crippen molar-refractivity contribution >= 4 is 23.5 Å². The van der Waals surface area contributed by atoms with Crippen LogP contribution in [0.3, 0.4) is 0 Å². The van der Waals surface area contributed by atoms with E-state index in [0.717, 1.165) is 18.8 Å². The highest BCUT2D eigenvalue weighted by molar-refractivity contribution is 7.99. The van der Waals surface area contributed by atoms with Gasteiger partial charge in [0.25, 0.3) is 0 Å². The van der Waals surface area contributed by atoms with Crippen molar-refractivity contribution in [1.29, 1.82) is 0 Å². The molecule has 94 valence electrons. The minimum atomic E-state index is -0.391. The highest BCUT2D eigenvalue weighted by Crippen LogP contribution is 2.23. The van der Waals surface area contributed by atoms with Crippen molar-refractivity contribution in [2.24, 2.45) is 5.92 Å². The second-order valence-electron chi connectivity index (χ2n) is 4.03.